The summed E-state index contributed by atoms with van der Waals surface area (Å²) in [6, 6.07) is 5.03. The molecular weight excluding hydrogens is 288 g/mol. The minimum Gasteiger partial charge on any atom is -0.350 e. The predicted molar refractivity (Wildman–Crippen MR) is 89.6 cm³/mol. The molecule has 1 saturated heterocycles. The summed E-state index contributed by atoms with van der Waals surface area (Å²) in [6.45, 7) is 3.97. The molecule has 2 aliphatic rings. The molecule has 5 heteroatoms. The number of aryl methyl sites for hydroxylation is 1. The van der Waals surface area contributed by atoms with Gasteiger partial charge in [-0.25, -0.2) is 4.98 Å². The summed E-state index contributed by atoms with van der Waals surface area (Å²) < 4.78 is 1.99. The van der Waals surface area contributed by atoms with Crippen LogP contribution in [-0.4, -0.2) is 45.4 Å². The van der Waals surface area contributed by atoms with Gasteiger partial charge in [0.1, 0.15) is 5.65 Å². The van der Waals surface area contributed by atoms with E-state index < -0.39 is 0 Å². The van der Waals surface area contributed by atoms with Crippen molar-refractivity contribution in [2.75, 3.05) is 13.1 Å². The molecule has 0 aromatic carbocycles. The van der Waals surface area contributed by atoms with Gasteiger partial charge in [-0.15, -0.1) is 0 Å². The van der Waals surface area contributed by atoms with Crippen LogP contribution in [0.3, 0.4) is 0 Å². The van der Waals surface area contributed by atoms with Gasteiger partial charge in [0, 0.05) is 42.3 Å². The second-order valence-corrected chi connectivity index (χ2v) is 6.87. The number of imidazole rings is 1. The standard InChI is InChI=1S/C18H24N4O/c1-13-11-19-17-10-14(7-9-21(13)17)18(23)20-12-16-4-2-3-8-22(16)15-5-6-15/h7,9-11,15-16H,2-6,8,12H2,1H3,(H,20,23). The van der Waals surface area contributed by atoms with Crippen LogP contribution in [0, 0.1) is 6.92 Å². The molecule has 2 aromatic heterocycles. The molecule has 0 spiro atoms. The van der Waals surface area contributed by atoms with E-state index in [0.29, 0.717) is 11.6 Å². The van der Waals surface area contributed by atoms with Crippen molar-refractivity contribution >= 4 is 11.6 Å². The minimum absolute atomic E-state index is 0.00877. The van der Waals surface area contributed by atoms with Gasteiger partial charge in [-0.2, -0.15) is 0 Å². The van der Waals surface area contributed by atoms with Crippen molar-refractivity contribution in [2.45, 2.75) is 51.1 Å². The van der Waals surface area contributed by atoms with Crippen molar-refractivity contribution in [3.63, 3.8) is 0 Å². The predicted octanol–water partition coefficient (Wildman–Crippen LogP) is 2.39. The molecule has 5 nitrogen and oxygen atoms in total. The fourth-order valence-electron chi connectivity index (χ4n) is 3.69. The van der Waals surface area contributed by atoms with Gasteiger partial charge in [0.2, 0.25) is 0 Å². The highest BCUT2D eigenvalue weighted by Crippen LogP contribution is 2.32. The Kier molecular flexibility index (Phi) is 3.81. The summed E-state index contributed by atoms with van der Waals surface area (Å²) in [7, 11) is 0. The van der Waals surface area contributed by atoms with Crippen molar-refractivity contribution in [2.24, 2.45) is 0 Å². The average molecular weight is 312 g/mol. The zero-order valence-electron chi connectivity index (χ0n) is 13.7. The monoisotopic (exact) mass is 312 g/mol. The number of likely N-dealkylation sites (tertiary alicyclic amines) is 1. The summed E-state index contributed by atoms with van der Waals surface area (Å²) in [5, 5.41) is 3.14. The number of fused-ring (bicyclic) bond motifs is 1. The molecule has 3 heterocycles. The Morgan fingerprint density at radius 2 is 2.22 bits per heavy atom. The van der Waals surface area contributed by atoms with Gasteiger partial charge in [-0.1, -0.05) is 6.42 Å². The highest BCUT2D eigenvalue weighted by molar-refractivity contribution is 5.95. The molecule has 0 radical (unpaired) electrons. The fourth-order valence-corrected chi connectivity index (χ4v) is 3.69. The van der Waals surface area contributed by atoms with E-state index in [1.54, 1.807) is 0 Å². The van der Waals surface area contributed by atoms with Crippen LogP contribution in [0.2, 0.25) is 0 Å². The molecule has 122 valence electrons. The number of aromatic nitrogens is 2. The van der Waals surface area contributed by atoms with E-state index in [1.807, 2.05) is 35.9 Å². The van der Waals surface area contributed by atoms with Crippen LogP contribution in [0.1, 0.15) is 48.2 Å². The van der Waals surface area contributed by atoms with E-state index in [0.717, 1.165) is 23.9 Å². The van der Waals surface area contributed by atoms with E-state index in [4.69, 9.17) is 0 Å². The van der Waals surface area contributed by atoms with Gasteiger partial charge in [0.15, 0.2) is 0 Å². The van der Waals surface area contributed by atoms with Gasteiger partial charge in [0.25, 0.3) is 5.91 Å². The second-order valence-electron chi connectivity index (χ2n) is 6.87. The van der Waals surface area contributed by atoms with E-state index >= 15 is 0 Å². The van der Waals surface area contributed by atoms with E-state index in [1.165, 1.54) is 38.6 Å². The number of hydrogen-bond donors (Lipinski definition) is 1. The number of amides is 1. The van der Waals surface area contributed by atoms with E-state index in [9.17, 15) is 4.79 Å². The van der Waals surface area contributed by atoms with Crippen LogP contribution < -0.4 is 5.32 Å². The van der Waals surface area contributed by atoms with Gasteiger partial charge < -0.3 is 9.72 Å². The molecule has 1 aliphatic carbocycles. The zero-order chi connectivity index (χ0) is 15.8. The molecule has 4 rings (SSSR count). The number of rotatable bonds is 4. The topological polar surface area (TPSA) is 49.6 Å². The lowest BCUT2D eigenvalue weighted by Gasteiger charge is -2.36. The van der Waals surface area contributed by atoms with Gasteiger partial charge in [-0.3, -0.25) is 9.69 Å². The number of piperidine rings is 1. The Balaban J connectivity index is 1.42. The average Bonchev–Trinajstić information content (AvgIpc) is 3.36. The molecule has 1 atom stereocenters. The maximum atomic E-state index is 12.5. The first-order chi connectivity index (χ1) is 11.2. The number of carbonyl (C=O) groups is 1. The van der Waals surface area contributed by atoms with Crippen LogP contribution in [0.25, 0.3) is 5.65 Å². The Morgan fingerprint density at radius 1 is 1.35 bits per heavy atom. The summed E-state index contributed by atoms with van der Waals surface area (Å²) in [4.78, 5) is 19.4. The van der Waals surface area contributed by atoms with Crippen molar-refractivity contribution in [1.29, 1.82) is 0 Å². The number of nitrogens with zero attached hydrogens (tertiary/aromatic N) is 3. The van der Waals surface area contributed by atoms with Crippen LogP contribution in [0.4, 0.5) is 0 Å². The minimum atomic E-state index is 0.00877. The second kappa shape index (κ2) is 5.96. The third-order valence-corrected chi connectivity index (χ3v) is 5.15. The molecule has 1 aliphatic heterocycles. The molecule has 1 saturated carbocycles. The Labute approximate surface area is 136 Å². The summed E-state index contributed by atoms with van der Waals surface area (Å²) >= 11 is 0. The Bertz CT molecular complexity index is 719. The first kappa shape index (κ1) is 14.7. The van der Waals surface area contributed by atoms with Crippen LogP contribution in [0.5, 0.6) is 0 Å². The smallest absolute Gasteiger partial charge is 0.251 e. The lowest BCUT2D eigenvalue weighted by Crippen LogP contribution is -2.47. The van der Waals surface area contributed by atoms with Crippen LogP contribution in [-0.2, 0) is 0 Å². The molecule has 1 unspecified atom stereocenters. The number of carbonyl (C=O) groups excluding carboxylic acids is 1. The Morgan fingerprint density at radius 3 is 3.04 bits per heavy atom. The summed E-state index contributed by atoms with van der Waals surface area (Å²) in [5.41, 5.74) is 2.60. The molecule has 1 amide bonds. The quantitative estimate of drug-likeness (QED) is 0.943. The molecule has 2 fully saturated rings. The third-order valence-electron chi connectivity index (χ3n) is 5.15. The first-order valence-corrected chi connectivity index (χ1v) is 8.70. The van der Waals surface area contributed by atoms with Gasteiger partial charge in [0.05, 0.1) is 0 Å². The first-order valence-electron chi connectivity index (χ1n) is 8.70. The molecule has 23 heavy (non-hydrogen) atoms. The lowest BCUT2D eigenvalue weighted by molar-refractivity contribution is 0.0906. The maximum absolute atomic E-state index is 12.5. The maximum Gasteiger partial charge on any atom is 0.251 e. The van der Waals surface area contributed by atoms with Crippen molar-refractivity contribution < 1.29 is 4.79 Å². The van der Waals surface area contributed by atoms with Crippen molar-refractivity contribution in [1.82, 2.24) is 19.6 Å². The largest absolute Gasteiger partial charge is 0.350 e. The van der Waals surface area contributed by atoms with E-state index in [-0.39, 0.29) is 5.91 Å². The van der Waals surface area contributed by atoms with E-state index in [2.05, 4.69) is 15.2 Å². The molecular formula is C18H24N4O. The SMILES string of the molecule is Cc1cnc2cc(C(=O)NCC3CCCCN3C3CC3)ccn12. The lowest BCUT2D eigenvalue weighted by atomic mass is 10.0. The van der Waals surface area contributed by atoms with Crippen molar-refractivity contribution in [3.05, 3.63) is 35.8 Å². The van der Waals surface area contributed by atoms with Crippen LogP contribution >= 0.6 is 0 Å². The van der Waals surface area contributed by atoms with Gasteiger partial charge >= 0.3 is 0 Å². The zero-order valence-corrected chi connectivity index (χ0v) is 13.7. The normalized spacial score (nSPS) is 22.4. The van der Waals surface area contributed by atoms with Gasteiger partial charge in [-0.05, 0) is 51.3 Å². The number of hydrogen-bond acceptors (Lipinski definition) is 3. The number of nitrogens with one attached hydrogen (secondary N) is 1. The summed E-state index contributed by atoms with van der Waals surface area (Å²) in [6.07, 6.45) is 10.2. The third kappa shape index (κ3) is 2.98. The molecule has 0 bridgehead atoms. The van der Waals surface area contributed by atoms with Crippen molar-refractivity contribution in [3.8, 4) is 0 Å². The Hall–Kier alpha value is -1.88. The number of pyridine rings is 1. The summed E-state index contributed by atoms with van der Waals surface area (Å²) in [5.74, 6) is 0.00877. The highest BCUT2D eigenvalue weighted by atomic mass is 16.1. The van der Waals surface area contributed by atoms with Crippen LogP contribution in [0.15, 0.2) is 24.5 Å². The molecule has 1 N–H and O–H groups in total. The molecule has 2 aromatic rings. The highest BCUT2D eigenvalue weighted by Gasteiger charge is 2.35. The fraction of sp³-hybridized carbons (Fsp3) is 0.556.